The van der Waals surface area contributed by atoms with Crippen molar-refractivity contribution in [2.45, 2.75) is 39.0 Å². The lowest BCUT2D eigenvalue weighted by atomic mass is 9.88. The van der Waals surface area contributed by atoms with Crippen LogP contribution in [0.4, 0.5) is 5.82 Å². The quantitative estimate of drug-likeness (QED) is 0.906. The van der Waals surface area contributed by atoms with Gasteiger partial charge in [0.15, 0.2) is 0 Å². The van der Waals surface area contributed by atoms with Gasteiger partial charge in [-0.05, 0) is 49.4 Å². The highest BCUT2D eigenvalue weighted by molar-refractivity contribution is 5.37. The molecule has 0 bridgehead atoms. The van der Waals surface area contributed by atoms with E-state index in [9.17, 15) is 0 Å². The van der Waals surface area contributed by atoms with E-state index >= 15 is 0 Å². The van der Waals surface area contributed by atoms with Crippen LogP contribution in [-0.4, -0.2) is 36.6 Å². The molecule has 1 N–H and O–H groups in total. The SMILES string of the molecule is CN1CCCC(CNc2ccc(C(C)(C)C)cn2)C1. The molecular weight excluding hydrogens is 234 g/mol. The Bertz CT molecular complexity index is 391. The van der Waals surface area contributed by atoms with Crippen LogP contribution >= 0.6 is 0 Å². The van der Waals surface area contributed by atoms with E-state index in [1.54, 1.807) is 0 Å². The van der Waals surface area contributed by atoms with Crippen molar-refractivity contribution < 1.29 is 0 Å². The first kappa shape index (κ1) is 14.3. The average molecular weight is 261 g/mol. The molecule has 1 aromatic heterocycles. The molecule has 2 heterocycles. The normalized spacial score (nSPS) is 21.4. The van der Waals surface area contributed by atoms with Gasteiger partial charge in [0.2, 0.25) is 0 Å². The fourth-order valence-corrected chi connectivity index (χ4v) is 2.63. The van der Waals surface area contributed by atoms with Crippen LogP contribution in [0.15, 0.2) is 18.3 Å². The van der Waals surface area contributed by atoms with Gasteiger partial charge in [-0.25, -0.2) is 4.98 Å². The van der Waals surface area contributed by atoms with E-state index in [-0.39, 0.29) is 5.41 Å². The monoisotopic (exact) mass is 261 g/mol. The molecule has 1 unspecified atom stereocenters. The van der Waals surface area contributed by atoms with Gasteiger partial charge in [0.05, 0.1) is 0 Å². The largest absolute Gasteiger partial charge is 0.370 e. The van der Waals surface area contributed by atoms with E-state index in [1.165, 1.54) is 31.5 Å². The smallest absolute Gasteiger partial charge is 0.125 e. The first-order chi connectivity index (χ1) is 8.95. The molecule has 3 nitrogen and oxygen atoms in total. The number of hydrogen-bond acceptors (Lipinski definition) is 3. The molecule has 1 aromatic rings. The zero-order valence-corrected chi connectivity index (χ0v) is 12.7. The first-order valence-electron chi connectivity index (χ1n) is 7.34. The van der Waals surface area contributed by atoms with Crippen LogP contribution in [0.1, 0.15) is 39.2 Å². The van der Waals surface area contributed by atoms with Crippen molar-refractivity contribution in [1.29, 1.82) is 0 Å². The van der Waals surface area contributed by atoms with Crippen LogP contribution in [0, 0.1) is 5.92 Å². The predicted molar refractivity (Wildman–Crippen MR) is 81.6 cm³/mol. The maximum Gasteiger partial charge on any atom is 0.125 e. The maximum atomic E-state index is 4.52. The molecule has 2 rings (SSSR count). The standard InChI is InChI=1S/C16H27N3/c1-16(2,3)14-7-8-15(18-11-14)17-10-13-6-5-9-19(4)12-13/h7-8,11,13H,5-6,9-10,12H2,1-4H3,(H,17,18). The average Bonchev–Trinajstić information content (AvgIpc) is 2.36. The number of nitrogens with one attached hydrogen (secondary N) is 1. The topological polar surface area (TPSA) is 28.2 Å². The molecule has 0 radical (unpaired) electrons. The molecule has 1 fully saturated rings. The second-order valence-corrected chi connectivity index (χ2v) is 6.83. The Morgan fingerprint density at radius 2 is 2.16 bits per heavy atom. The minimum absolute atomic E-state index is 0.178. The molecule has 1 saturated heterocycles. The van der Waals surface area contributed by atoms with Gasteiger partial charge in [-0.3, -0.25) is 0 Å². The van der Waals surface area contributed by atoms with E-state index in [2.05, 4.69) is 55.2 Å². The zero-order valence-electron chi connectivity index (χ0n) is 12.7. The summed E-state index contributed by atoms with van der Waals surface area (Å²) in [6.07, 6.45) is 4.64. The molecule has 1 atom stereocenters. The third-order valence-corrected chi connectivity index (χ3v) is 3.92. The summed E-state index contributed by atoms with van der Waals surface area (Å²) in [6, 6.07) is 4.29. The Labute approximate surface area is 117 Å². The van der Waals surface area contributed by atoms with Crippen molar-refractivity contribution in [2.24, 2.45) is 5.92 Å². The van der Waals surface area contributed by atoms with Crippen molar-refractivity contribution in [3.8, 4) is 0 Å². The summed E-state index contributed by atoms with van der Waals surface area (Å²) in [6.45, 7) is 10.1. The number of nitrogens with zero attached hydrogens (tertiary/aromatic N) is 2. The Balaban J connectivity index is 1.86. The molecular formula is C16H27N3. The third-order valence-electron chi connectivity index (χ3n) is 3.92. The molecule has 1 aliphatic heterocycles. The number of rotatable bonds is 3. The Kier molecular flexibility index (Phi) is 4.46. The highest BCUT2D eigenvalue weighted by atomic mass is 15.1. The molecule has 0 spiro atoms. The number of aromatic nitrogens is 1. The molecule has 0 saturated carbocycles. The summed E-state index contributed by atoms with van der Waals surface area (Å²) in [5.41, 5.74) is 1.47. The minimum atomic E-state index is 0.178. The maximum absolute atomic E-state index is 4.52. The minimum Gasteiger partial charge on any atom is -0.370 e. The van der Waals surface area contributed by atoms with Crippen molar-refractivity contribution in [3.63, 3.8) is 0 Å². The summed E-state index contributed by atoms with van der Waals surface area (Å²) < 4.78 is 0. The molecule has 106 valence electrons. The lowest BCUT2D eigenvalue weighted by Gasteiger charge is -2.29. The van der Waals surface area contributed by atoms with Crippen molar-refractivity contribution in [2.75, 3.05) is 32.0 Å². The summed E-state index contributed by atoms with van der Waals surface area (Å²) in [5.74, 6) is 1.75. The molecule has 0 aromatic carbocycles. The second kappa shape index (κ2) is 5.91. The molecule has 3 heteroatoms. The first-order valence-corrected chi connectivity index (χ1v) is 7.34. The van der Waals surface area contributed by atoms with Gasteiger partial charge in [-0.1, -0.05) is 26.8 Å². The van der Waals surface area contributed by atoms with E-state index < -0.39 is 0 Å². The highest BCUT2D eigenvalue weighted by Crippen LogP contribution is 2.22. The number of pyridine rings is 1. The van der Waals surface area contributed by atoms with Crippen molar-refractivity contribution >= 4 is 5.82 Å². The van der Waals surface area contributed by atoms with E-state index in [0.29, 0.717) is 0 Å². The van der Waals surface area contributed by atoms with Gasteiger partial charge in [0.1, 0.15) is 5.82 Å². The summed E-state index contributed by atoms with van der Waals surface area (Å²) >= 11 is 0. The Morgan fingerprint density at radius 3 is 2.74 bits per heavy atom. The zero-order chi connectivity index (χ0) is 13.9. The Morgan fingerprint density at radius 1 is 1.37 bits per heavy atom. The number of piperidine rings is 1. The van der Waals surface area contributed by atoms with Crippen molar-refractivity contribution in [3.05, 3.63) is 23.9 Å². The summed E-state index contributed by atoms with van der Waals surface area (Å²) in [4.78, 5) is 6.95. The Hall–Kier alpha value is -1.09. The fourth-order valence-electron chi connectivity index (χ4n) is 2.63. The lowest BCUT2D eigenvalue weighted by Crippen LogP contribution is -2.35. The van der Waals surface area contributed by atoms with Gasteiger partial charge in [0, 0.05) is 19.3 Å². The van der Waals surface area contributed by atoms with Gasteiger partial charge < -0.3 is 10.2 Å². The third kappa shape index (κ3) is 4.20. The highest BCUT2D eigenvalue weighted by Gasteiger charge is 2.17. The van der Waals surface area contributed by atoms with Gasteiger partial charge >= 0.3 is 0 Å². The summed E-state index contributed by atoms with van der Waals surface area (Å²) in [7, 11) is 2.21. The van der Waals surface area contributed by atoms with E-state index in [1.807, 2.05) is 6.20 Å². The van der Waals surface area contributed by atoms with Crippen LogP contribution in [0.3, 0.4) is 0 Å². The van der Waals surface area contributed by atoms with Gasteiger partial charge in [-0.2, -0.15) is 0 Å². The predicted octanol–water partition coefficient (Wildman–Crippen LogP) is 3.13. The van der Waals surface area contributed by atoms with Crippen LogP contribution < -0.4 is 5.32 Å². The molecule has 0 aliphatic carbocycles. The number of likely N-dealkylation sites (tertiary alicyclic amines) is 1. The van der Waals surface area contributed by atoms with Crippen LogP contribution in [0.25, 0.3) is 0 Å². The molecule has 0 amide bonds. The number of hydrogen-bond donors (Lipinski definition) is 1. The van der Waals surface area contributed by atoms with Crippen LogP contribution in [0.2, 0.25) is 0 Å². The van der Waals surface area contributed by atoms with Gasteiger partial charge in [-0.15, -0.1) is 0 Å². The van der Waals surface area contributed by atoms with E-state index in [0.717, 1.165) is 18.3 Å². The van der Waals surface area contributed by atoms with Crippen LogP contribution in [-0.2, 0) is 5.41 Å². The van der Waals surface area contributed by atoms with E-state index in [4.69, 9.17) is 0 Å². The molecule has 1 aliphatic rings. The van der Waals surface area contributed by atoms with Crippen LogP contribution in [0.5, 0.6) is 0 Å². The second-order valence-electron chi connectivity index (χ2n) is 6.83. The fraction of sp³-hybridized carbons (Fsp3) is 0.688. The van der Waals surface area contributed by atoms with Gasteiger partial charge in [0.25, 0.3) is 0 Å². The molecule has 19 heavy (non-hydrogen) atoms. The summed E-state index contributed by atoms with van der Waals surface area (Å²) in [5, 5.41) is 3.48. The number of anilines is 1. The van der Waals surface area contributed by atoms with Crippen molar-refractivity contribution in [1.82, 2.24) is 9.88 Å². The lowest BCUT2D eigenvalue weighted by molar-refractivity contribution is 0.217.